The van der Waals surface area contributed by atoms with Crippen LogP contribution in [0.4, 0.5) is 0 Å². The van der Waals surface area contributed by atoms with E-state index < -0.39 is 5.76 Å². The molecule has 0 saturated heterocycles. The monoisotopic (exact) mass is 254 g/mol. The molecule has 0 unspecified atom stereocenters. The Hall–Kier alpha value is -1.75. The van der Waals surface area contributed by atoms with Gasteiger partial charge in [0.2, 0.25) is 5.91 Å². The second kappa shape index (κ2) is 4.63. The second-order valence-corrected chi connectivity index (χ2v) is 4.05. The number of fused-ring (bicyclic) bond motifs is 1. The third kappa shape index (κ3) is 2.50. The first-order chi connectivity index (χ1) is 8.08. The quantitative estimate of drug-likeness (QED) is 0.900. The van der Waals surface area contributed by atoms with Gasteiger partial charge in [0.1, 0.15) is 0 Å². The fraction of sp³-hybridized carbons (Fsp3) is 0.273. The highest BCUT2D eigenvalue weighted by atomic mass is 35.5. The Morgan fingerprint density at radius 3 is 3.00 bits per heavy atom. The minimum Gasteiger partial charge on any atom is -0.408 e. The number of benzene rings is 1. The molecule has 0 fully saturated rings. The smallest absolute Gasteiger partial charge is 0.408 e. The molecule has 0 bridgehead atoms. The average molecular weight is 255 g/mol. The fourth-order valence-electron chi connectivity index (χ4n) is 1.60. The van der Waals surface area contributed by atoms with Crippen LogP contribution >= 0.6 is 11.6 Å². The van der Waals surface area contributed by atoms with Gasteiger partial charge in [-0.15, -0.1) is 0 Å². The molecule has 6 heteroatoms. The summed E-state index contributed by atoms with van der Waals surface area (Å²) in [5.41, 5.74) is 1.12. The van der Waals surface area contributed by atoms with Crippen LogP contribution in [0.5, 0.6) is 0 Å². The van der Waals surface area contributed by atoms with Crippen molar-refractivity contribution < 1.29 is 9.21 Å². The van der Waals surface area contributed by atoms with Crippen molar-refractivity contribution in [2.75, 3.05) is 6.54 Å². The maximum atomic E-state index is 11.6. The number of aromatic nitrogens is 1. The molecule has 0 aliphatic carbocycles. The molecule has 0 aliphatic heterocycles. The molecule has 1 amide bonds. The topological polar surface area (TPSA) is 64.2 Å². The van der Waals surface area contributed by atoms with Crippen molar-refractivity contribution in [3.63, 3.8) is 0 Å². The summed E-state index contributed by atoms with van der Waals surface area (Å²) in [7, 11) is 0. The molecular weight excluding hydrogens is 244 g/mol. The summed E-state index contributed by atoms with van der Waals surface area (Å²) in [6.07, 6.45) is 0. The maximum absolute atomic E-state index is 11.6. The number of nitrogens with zero attached hydrogens (tertiary/aromatic N) is 1. The molecule has 0 atom stereocenters. The summed E-state index contributed by atoms with van der Waals surface area (Å²) in [4.78, 5) is 22.3. The first-order valence-electron chi connectivity index (χ1n) is 5.11. The fourth-order valence-corrected chi connectivity index (χ4v) is 1.76. The first kappa shape index (κ1) is 11.7. The number of hydrogen-bond acceptors (Lipinski definition) is 3. The Morgan fingerprint density at radius 1 is 1.53 bits per heavy atom. The Bertz CT molecular complexity index is 615. The van der Waals surface area contributed by atoms with E-state index in [1.807, 2.05) is 0 Å². The number of amides is 1. The van der Waals surface area contributed by atoms with Crippen molar-refractivity contribution in [3.05, 3.63) is 33.8 Å². The van der Waals surface area contributed by atoms with E-state index in [0.29, 0.717) is 29.2 Å². The lowest BCUT2D eigenvalue weighted by Crippen LogP contribution is -2.27. The van der Waals surface area contributed by atoms with E-state index >= 15 is 0 Å². The van der Waals surface area contributed by atoms with Gasteiger partial charge in [-0.25, -0.2) is 4.79 Å². The second-order valence-electron chi connectivity index (χ2n) is 3.61. The molecule has 90 valence electrons. The van der Waals surface area contributed by atoms with Crippen LogP contribution in [0, 0.1) is 0 Å². The Morgan fingerprint density at radius 2 is 2.29 bits per heavy atom. The van der Waals surface area contributed by atoms with Crippen LogP contribution < -0.4 is 11.1 Å². The summed E-state index contributed by atoms with van der Waals surface area (Å²) in [5, 5.41) is 3.13. The van der Waals surface area contributed by atoms with E-state index in [4.69, 9.17) is 16.0 Å². The number of nitrogens with one attached hydrogen (secondary N) is 1. The van der Waals surface area contributed by atoms with Gasteiger partial charge >= 0.3 is 5.76 Å². The van der Waals surface area contributed by atoms with Crippen molar-refractivity contribution in [2.45, 2.75) is 13.5 Å². The summed E-state index contributed by atoms with van der Waals surface area (Å²) in [6.45, 7) is 2.18. The zero-order valence-corrected chi connectivity index (χ0v) is 9.95. The van der Waals surface area contributed by atoms with Crippen LogP contribution in [0.3, 0.4) is 0 Å². The van der Waals surface area contributed by atoms with Crippen LogP contribution in [-0.2, 0) is 11.3 Å². The zero-order valence-electron chi connectivity index (χ0n) is 9.20. The minimum atomic E-state index is -0.451. The molecular formula is C11H11ClN2O3. The van der Waals surface area contributed by atoms with Crippen molar-refractivity contribution >= 4 is 28.6 Å². The van der Waals surface area contributed by atoms with Crippen LogP contribution in [-0.4, -0.2) is 17.0 Å². The molecule has 0 radical (unpaired) electrons. The molecule has 1 heterocycles. The van der Waals surface area contributed by atoms with E-state index in [9.17, 15) is 9.59 Å². The number of carbonyl (C=O) groups is 1. The number of oxazole rings is 1. The van der Waals surface area contributed by atoms with Crippen LogP contribution in [0.1, 0.15) is 6.92 Å². The van der Waals surface area contributed by atoms with Crippen molar-refractivity contribution in [1.82, 2.24) is 9.88 Å². The lowest BCUT2D eigenvalue weighted by Gasteiger charge is -2.02. The van der Waals surface area contributed by atoms with Gasteiger partial charge in [0.15, 0.2) is 5.58 Å². The third-order valence-electron chi connectivity index (χ3n) is 2.34. The Labute approximate surface area is 102 Å². The lowest BCUT2D eigenvalue weighted by molar-refractivity contribution is -0.118. The van der Waals surface area contributed by atoms with Gasteiger partial charge in [-0.1, -0.05) is 11.6 Å². The van der Waals surface area contributed by atoms with Gasteiger partial charge in [0, 0.05) is 31.1 Å². The van der Waals surface area contributed by atoms with Gasteiger partial charge < -0.3 is 9.73 Å². The Balaban J connectivity index is 2.30. The number of carbonyl (C=O) groups excluding carboxylic acids is 1. The standard InChI is InChI=1S/C11H11ClN2O3/c1-7(15)13-4-5-14-9-3-2-8(12)6-10(9)17-11(14)16/h2-3,6H,4-5H2,1H3,(H,13,15). The summed E-state index contributed by atoms with van der Waals surface area (Å²) < 4.78 is 6.51. The highest BCUT2D eigenvalue weighted by Gasteiger charge is 2.09. The lowest BCUT2D eigenvalue weighted by atomic mass is 10.3. The molecule has 1 N–H and O–H groups in total. The zero-order chi connectivity index (χ0) is 12.4. The van der Waals surface area contributed by atoms with E-state index in [0.717, 1.165) is 0 Å². The number of hydrogen-bond donors (Lipinski definition) is 1. The van der Waals surface area contributed by atoms with Gasteiger partial charge in [-0.05, 0) is 12.1 Å². The maximum Gasteiger partial charge on any atom is 0.420 e. The molecule has 1 aromatic carbocycles. The highest BCUT2D eigenvalue weighted by molar-refractivity contribution is 6.31. The first-order valence-corrected chi connectivity index (χ1v) is 5.49. The average Bonchev–Trinajstić information content (AvgIpc) is 2.54. The predicted octanol–water partition coefficient (Wildman–Crippen LogP) is 1.38. The van der Waals surface area contributed by atoms with Crippen molar-refractivity contribution in [1.29, 1.82) is 0 Å². The molecule has 17 heavy (non-hydrogen) atoms. The molecule has 2 aromatic rings. The van der Waals surface area contributed by atoms with Gasteiger partial charge in [0.05, 0.1) is 5.52 Å². The largest absolute Gasteiger partial charge is 0.420 e. The van der Waals surface area contributed by atoms with Gasteiger partial charge in [-0.2, -0.15) is 0 Å². The highest BCUT2D eigenvalue weighted by Crippen LogP contribution is 2.17. The van der Waals surface area contributed by atoms with Crippen molar-refractivity contribution in [3.8, 4) is 0 Å². The molecule has 5 nitrogen and oxygen atoms in total. The SMILES string of the molecule is CC(=O)NCCn1c(=O)oc2cc(Cl)ccc21. The normalized spacial score (nSPS) is 10.7. The van der Waals surface area contributed by atoms with Crippen LogP contribution in [0.2, 0.25) is 5.02 Å². The van der Waals surface area contributed by atoms with Crippen molar-refractivity contribution in [2.24, 2.45) is 0 Å². The Kier molecular flexibility index (Phi) is 3.19. The van der Waals surface area contributed by atoms with Crippen LogP contribution in [0.15, 0.2) is 27.4 Å². The number of rotatable bonds is 3. The van der Waals surface area contributed by atoms with Crippen LogP contribution in [0.25, 0.3) is 11.1 Å². The molecule has 0 saturated carbocycles. The molecule has 1 aromatic heterocycles. The number of halogens is 1. The summed E-state index contributed by atoms with van der Waals surface area (Å²) in [5.74, 6) is -0.582. The minimum absolute atomic E-state index is 0.131. The molecule has 0 spiro atoms. The molecule has 2 rings (SSSR count). The van der Waals surface area contributed by atoms with Gasteiger partial charge in [0.25, 0.3) is 0 Å². The summed E-state index contributed by atoms with van der Waals surface area (Å²) in [6, 6.07) is 5.00. The van der Waals surface area contributed by atoms with E-state index in [-0.39, 0.29) is 5.91 Å². The van der Waals surface area contributed by atoms with Gasteiger partial charge in [-0.3, -0.25) is 9.36 Å². The molecule has 0 aliphatic rings. The third-order valence-corrected chi connectivity index (χ3v) is 2.57. The predicted molar refractivity (Wildman–Crippen MR) is 64.2 cm³/mol. The van der Waals surface area contributed by atoms with E-state index in [2.05, 4.69) is 5.32 Å². The van der Waals surface area contributed by atoms with E-state index in [1.54, 1.807) is 18.2 Å². The van der Waals surface area contributed by atoms with E-state index in [1.165, 1.54) is 11.5 Å². The summed E-state index contributed by atoms with van der Waals surface area (Å²) >= 11 is 5.80.